The first-order valence-corrected chi connectivity index (χ1v) is 7.00. The zero-order valence-electron chi connectivity index (χ0n) is 11.4. The standard InChI is InChI=1S/C15H20F2N2O/c16-12-4-5-13(17)11(8-12)9-19-14(20)15(10-18)6-2-1-3-7-15/h4-5,8H,1-3,6-7,9-10,18H2,(H,19,20). The van der Waals surface area contributed by atoms with Crippen molar-refractivity contribution in [3.63, 3.8) is 0 Å². The summed E-state index contributed by atoms with van der Waals surface area (Å²) < 4.78 is 26.6. The molecule has 5 heteroatoms. The van der Waals surface area contributed by atoms with E-state index in [9.17, 15) is 13.6 Å². The molecule has 2 rings (SSSR count). The molecule has 0 aliphatic heterocycles. The Bertz CT molecular complexity index is 485. The molecule has 1 amide bonds. The molecule has 0 saturated heterocycles. The van der Waals surface area contributed by atoms with Crippen LogP contribution in [0.25, 0.3) is 0 Å². The maximum atomic E-state index is 13.5. The first-order chi connectivity index (χ1) is 9.57. The number of benzene rings is 1. The van der Waals surface area contributed by atoms with Gasteiger partial charge in [0.1, 0.15) is 11.6 Å². The van der Waals surface area contributed by atoms with Gasteiger partial charge in [0, 0.05) is 18.7 Å². The second-order valence-electron chi connectivity index (χ2n) is 5.46. The number of hydrogen-bond donors (Lipinski definition) is 2. The van der Waals surface area contributed by atoms with E-state index in [2.05, 4.69) is 5.32 Å². The van der Waals surface area contributed by atoms with Crippen molar-refractivity contribution in [1.29, 1.82) is 0 Å². The minimum Gasteiger partial charge on any atom is -0.351 e. The van der Waals surface area contributed by atoms with E-state index in [0.717, 1.165) is 50.3 Å². The van der Waals surface area contributed by atoms with Crippen LogP contribution in [0.15, 0.2) is 18.2 Å². The lowest BCUT2D eigenvalue weighted by Gasteiger charge is -2.34. The van der Waals surface area contributed by atoms with Crippen molar-refractivity contribution in [2.24, 2.45) is 11.1 Å². The Morgan fingerprint density at radius 3 is 2.60 bits per heavy atom. The van der Waals surface area contributed by atoms with E-state index in [4.69, 9.17) is 5.73 Å². The molecule has 1 aliphatic rings. The largest absolute Gasteiger partial charge is 0.351 e. The zero-order chi connectivity index (χ0) is 14.6. The van der Waals surface area contributed by atoms with Crippen LogP contribution in [-0.4, -0.2) is 12.5 Å². The van der Waals surface area contributed by atoms with E-state index in [1.807, 2.05) is 0 Å². The van der Waals surface area contributed by atoms with Gasteiger partial charge in [-0.1, -0.05) is 19.3 Å². The summed E-state index contributed by atoms with van der Waals surface area (Å²) in [6.45, 7) is 0.286. The summed E-state index contributed by atoms with van der Waals surface area (Å²) in [7, 11) is 0. The van der Waals surface area contributed by atoms with Crippen molar-refractivity contribution >= 4 is 5.91 Å². The van der Waals surface area contributed by atoms with Crippen LogP contribution in [0.3, 0.4) is 0 Å². The summed E-state index contributed by atoms with van der Waals surface area (Å²) in [6.07, 6.45) is 4.62. The molecular weight excluding hydrogens is 262 g/mol. The average Bonchev–Trinajstić information content (AvgIpc) is 2.48. The van der Waals surface area contributed by atoms with E-state index in [1.165, 1.54) is 0 Å². The molecular formula is C15H20F2N2O. The topological polar surface area (TPSA) is 55.1 Å². The van der Waals surface area contributed by atoms with Crippen molar-refractivity contribution in [3.05, 3.63) is 35.4 Å². The van der Waals surface area contributed by atoms with Gasteiger partial charge in [-0.05, 0) is 31.0 Å². The van der Waals surface area contributed by atoms with Crippen molar-refractivity contribution in [3.8, 4) is 0 Å². The highest BCUT2D eigenvalue weighted by molar-refractivity contribution is 5.83. The predicted molar refractivity (Wildman–Crippen MR) is 72.8 cm³/mol. The lowest BCUT2D eigenvalue weighted by molar-refractivity contribution is -0.132. The Kier molecular flexibility index (Phi) is 4.70. The fourth-order valence-electron chi connectivity index (χ4n) is 2.79. The summed E-state index contributed by atoms with van der Waals surface area (Å²) in [4.78, 5) is 12.3. The molecule has 3 nitrogen and oxygen atoms in total. The number of nitrogens with one attached hydrogen (secondary N) is 1. The van der Waals surface area contributed by atoms with E-state index in [0.29, 0.717) is 6.54 Å². The van der Waals surface area contributed by atoms with Gasteiger partial charge in [0.15, 0.2) is 0 Å². The number of carbonyl (C=O) groups excluding carboxylic acids is 1. The third kappa shape index (κ3) is 3.15. The van der Waals surface area contributed by atoms with Gasteiger partial charge in [-0.2, -0.15) is 0 Å². The molecule has 0 spiro atoms. The highest BCUT2D eigenvalue weighted by atomic mass is 19.1. The zero-order valence-corrected chi connectivity index (χ0v) is 11.4. The quantitative estimate of drug-likeness (QED) is 0.891. The second-order valence-corrected chi connectivity index (χ2v) is 5.46. The Morgan fingerprint density at radius 1 is 1.25 bits per heavy atom. The highest BCUT2D eigenvalue weighted by Crippen LogP contribution is 2.35. The molecule has 1 saturated carbocycles. The number of carbonyl (C=O) groups is 1. The molecule has 0 aromatic heterocycles. The van der Waals surface area contributed by atoms with Gasteiger partial charge >= 0.3 is 0 Å². The monoisotopic (exact) mass is 282 g/mol. The van der Waals surface area contributed by atoms with Gasteiger partial charge in [0.05, 0.1) is 5.41 Å². The predicted octanol–water partition coefficient (Wildman–Crippen LogP) is 2.49. The van der Waals surface area contributed by atoms with Crippen LogP contribution in [0.1, 0.15) is 37.7 Å². The molecule has 1 aliphatic carbocycles. The Morgan fingerprint density at radius 2 is 1.95 bits per heavy atom. The fraction of sp³-hybridized carbons (Fsp3) is 0.533. The molecule has 0 bridgehead atoms. The SMILES string of the molecule is NCC1(C(=O)NCc2cc(F)ccc2F)CCCCC1. The number of hydrogen-bond acceptors (Lipinski definition) is 2. The van der Waals surface area contributed by atoms with Gasteiger partial charge < -0.3 is 11.1 Å². The molecule has 20 heavy (non-hydrogen) atoms. The maximum Gasteiger partial charge on any atom is 0.227 e. The lowest BCUT2D eigenvalue weighted by atomic mass is 9.73. The Balaban J connectivity index is 2.02. The summed E-state index contributed by atoms with van der Waals surface area (Å²) in [5.74, 6) is -1.18. The number of nitrogens with two attached hydrogens (primary N) is 1. The fourth-order valence-corrected chi connectivity index (χ4v) is 2.79. The van der Waals surface area contributed by atoms with E-state index >= 15 is 0 Å². The molecule has 3 N–H and O–H groups in total. The second kappa shape index (κ2) is 6.31. The van der Waals surface area contributed by atoms with Crippen LogP contribution in [0.2, 0.25) is 0 Å². The van der Waals surface area contributed by atoms with Gasteiger partial charge in [-0.25, -0.2) is 8.78 Å². The Labute approximate surface area is 117 Å². The summed E-state index contributed by atoms with van der Waals surface area (Å²) in [5, 5.41) is 2.70. The van der Waals surface area contributed by atoms with Crippen LogP contribution in [0.4, 0.5) is 8.78 Å². The normalized spacial score (nSPS) is 17.8. The van der Waals surface area contributed by atoms with Gasteiger partial charge in [-0.3, -0.25) is 4.79 Å². The minimum absolute atomic E-state index is 0.00975. The van der Waals surface area contributed by atoms with Gasteiger partial charge in [-0.15, -0.1) is 0 Å². The first-order valence-electron chi connectivity index (χ1n) is 7.00. The summed E-state index contributed by atoms with van der Waals surface area (Å²) >= 11 is 0. The molecule has 1 aromatic rings. The number of amides is 1. The molecule has 1 aromatic carbocycles. The van der Waals surface area contributed by atoms with E-state index in [1.54, 1.807) is 0 Å². The van der Waals surface area contributed by atoms with Crippen molar-refractivity contribution < 1.29 is 13.6 Å². The van der Waals surface area contributed by atoms with Crippen LogP contribution in [0, 0.1) is 17.0 Å². The van der Waals surface area contributed by atoms with Crippen molar-refractivity contribution in [2.75, 3.05) is 6.54 Å². The van der Waals surface area contributed by atoms with Crippen molar-refractivity contribution in [2.45, 2.75) is 38.6 Å². The van der Waals surface area contributed by atoms with Crippen LogP contribution in [-0.2, 0) is 11.3 Å². The van der Waals surface area contributed by atoms with Crippen LogP contribution in [0.5, 0.6) is 0 Å². The summed E-state index contributed by atoms with van der Waals surface area (Å²) in [6, 6.07) is 3.23. The lowest BCUT2D eigenvalue weighted by Crippen LogP contribution is -2.47. The third-order valence-electron chi connectivity index (χ3n) is 4.13. The third-order valence-corrected chi connectivity index (χ3v) is 4.13. The average molecular weight is 282 g/mol. The molecule has 110 valence electrons. The first kappa shape index (κ1) is 14.9. The maximum absolute atomic E-state index is 13.5. The van der Waals surface area contributed by atoms with Crippen LogP contribution < -0.4 is 11.1 Å². The summed E-state index contributed by atoms with van der Waals surface area (Å²) in [5.41, 5.74) is 5.38. The number of halogens is 2. The molecule has 0 atom stereocenters. The molecule has 1 fully saturated rings. The smallest absolute Gasteiger partial charge is 0.227 e. The number of rotatable bonds is 4. The van der Waals surface area contributed by atoms with Crippen molar-refractivity contribution in [1.82, 2.24) is 5.32 Å². The van der Waals surface area contributed by atoms with Gasteiger partial charge in [0.25, 0.3) is 0 Å². The van der Waals surface area contributed by atoms with Gasteiger partial charge in [0.2, 0.25) is 5.91 Å². The minimum atomic E-state index is -0.540. The Hall–Kier alpha value is -1.49. The van der Waals surface area contributed by atoms with E-state index < -0.39 is 17.0 Å². The van der Waals surface area contributed by atoms with Crippen LogP contribution >= 0.6 is 0 Å². The molecule has 0 radical (unpaired) electrons. The molecule has 0 heterocycles. The van der Waals surface area contributed by atoms with E-state index in [-0.39, 0.29) is 18.0 Å². The highest BCUT2D eigenvalue weighted by Gasteiger charge is 2.37. The molecule has 0 unspecified atom stereocenters.